The summed E-state index contributed by atoms with van der Waals surface area (Å²) in [6.07, 6.45) is 1.61. The molecule has 0 saturated carbocycles. The van der Waals surface area contributed by atoms with Crippen LogP contribution in [0.15, 0.2) is 59.3 Å². The van der Waals surface area contributed by atoms with Crippen LogP contribution in [0, 0.1) is 0 Å². The summed E-state index contributed by atoms with van der Waals surface area (Å²) < 4.78 is 4.94. The number of aromatic nitrogens is 2. The number of rotatable bonds is 3. The number of carbonyl (C=O) groups is 1. The van der Waals surface area contributed by atoms with Gasteiger partial charge in [0.1, 0.15) is 11.3 Å². The Morgan fingerprint density at radius 2 is 1.86 bits per heavy atom. The predicted molar refractivity (Wildman–Crippen MR) is 78.5 cm³/mol. The molecule has 2 heterocycles. The van der Waals surface area contributed by atoms with E-state index in [1.54, 1.807) is 36.5 Å². The zero-order chi connectivity index (χ0) is 14.7. The van der Waals surface area contributed by atoms with Crippen LogP contribution in [0.2, 0.25) is 0 Å². The van der Waals surface area contributed by atoms with E-state index in [0.29, 0.717) is 17.1 Å². The van der Waals surface area contributed by atoms with Crippen LogP contribution in [-0.4, -0.2) is 16.0 Å². The number of nitrogen functional groups attached to an aromatic ring is 1. The number of hydrogen-bond acceptors (Lipinski definition) is 5. The average Bonchev–Trinajstić information content (AvgIpc) is 2.91. The van der Waals surface area contributed by atoms with E-state index < -0.39 is 0 Å². The van der Waals surface area contributed by atoms with Gasteiger partial charge < -0.3 is 15.6 Å². The third kappa shape index (κ3) is 2.59. The van der Waals surface area contributed by atoms with E-state index >= 15 is 0 Å². The zero-order valence-corrected chi connectivity index (χ0v) is 11.0. The standard InChI is InChI=1S/C15H12N4O2/c16-14-12(15(20)18-10-6-2-1-3-7-10)13(19-21-14)11-8-4-5-9-17-11/h1-9H,16H2,(H,18,20). The quantitative estimate of drug-likeness (QED) is 0.769. The van der Waals surface area contributed by atoms with Crippen molar-refractivity contribution in [2.45, 2.75) is 0 Å². The van der Waals surface area contributed by atoms with Gasteiger partial charge in [0.2, 0.25) is 5.88 Å². The molecule has 0 spiro atoms. The molecule has 6 nitrogen and oxygen atoms in total. The Bertz CT molecular complexity index is 754. The smallest absolute Gasteiger partial charge is 0.263 e. The topological polar surface area (TPSA) is 94.0 Å². The van der Waals surface area contributed by atoms with Crippen LogP contribution in [0.3, 0.4) is 0 Å². The fourth-order valence-corrected chi connectivity index (χ4v) is 1.91. The Labute approximate surface area is 120 Å². The number of nitrogens with one attached hydrogen (secondary N) is 1. The summed E-state index contributed by atoms with van der Waals surface area (Å²) in [5.41, 5.74) is 7.40. The number of amides is 1. The summed E-state index contributed by atoms with van der Waals surface area (Å²) >= 11 is 0. The molecule has 0 bridgehead atoms. The molecule has 3 N–H and O–H groups in total. The van der Waals surface area contributed by atoms with Gasteiger partial charge in [-0.3, -0.25) is 9.78 Å². The van der Waals surface area contributed by atoms with Crippen LogP contribution < -0.4 is 11.1 Å². The average molecular weight is 280 g/mol. The lowest BCUT2D eigenvalue weighted by atomic mass is 10.1. The van der Waals surface area contributed by atoms with E-state index in [4.69, 9.17) is 10.3 Å². The Morgan fingerprint density at radius 1 is 1.10 bits per heavy atom. The SMILES string of the molecule is Nc1onc(-c2ccccn2)c1C(=O)Nc1ccccc1. The van der Waals surface area contributed by atoms with Crippen molar-refractivity contribution in [2.75, 3.05) is 11.1 Å². The molecule has 2 aromatic heterocycles. The zero-order valence-electron chi connectivity index (χ0n) is 11.0. The van der Waals surface area contributed by atoms with Crippen molar-refractivity contribution in [2.24, 2.45) is 0 Å². The number of nitrogens with zero attached hydrogens (tertiary/aromatic N) is 2. The lowest BCUT2D eigenvalue weighted by molar-refractivity contribution is 0.102. The second-order valence-electron chi connectivity index (χ2n) is 4.31. The molecule has 0 fully saturated rings. The molecule has 0 aliphatic heterocycles. The Morgan fingerprint density at radius 3 is 2.57 bits per heavy atom. The van der Waals surface area contributed by atoms with E-state index in [-0.39, 0.29) is 17.4 Å². The Hall–Kier alpha value is -3.15. The highest BCUT2D eigenvalue weighted by Gasteiger charge is 2.23. The minimum absolute atomic E-state index is 0.0379. The van der Waals surface area contributed by atoms with Crippen molar-refractivity contribution in [3.05, 3.63) is 60.3 Å². The van der Waals surface area contributed by atoms with Crippen LogP contribution in [-0.2, 0) is 0 Å². The summed E-state index contributed by atoms with van der Waals surface area (Å²) in [6, 6.07) is 14.4. The monoisotopic (exact) mass is 280 g/mol. The molecule has 3 aromatic rings. The summed E-state index contributed by atoms with van der Waals surface area (Å²) in [5, 5.41) is 6.57. The van der Waals surface area contributed by atoms with Gasteiger partial charge >= 0.3 is 0 Å². The third-order valence-corrected chi connectivity index (χ3v) is 2.88. The van der Waals surface area contributed by atoms with Crippen LogP contribution in [0.25, 0.3) is 11.4 Å². The van der Waals surface area contributed by atoms with Gasteiger partial charge in [-0.05, 0) is 24.3 Å². The molecule has 21 heavy (non-hydrogen) atoms. The Kier molecular flexibility index (Phi) is 3.34. The molecule has 0 radical (unpaired) electrons. The van der Waals surface area contributed by atoms with E-state index in [9.17, 15) is 4.79 Å². The van der Waals surface area contributed by atoms with Gasteiger partial charge in [0.25, 0.3) is 5.91 Å². The van der Waals surface area contributed by atoms with E-state index in [2.05, 4.69) is 15.5 Å². The van der Waals surface area contributed by atoms with Gasteiger partial charge in [-0.15, -0.1) is 0 Å². The number of pyridine rings is 1. The summed E-state index contributed by atoms with van der Waals surface area (Å²) in [6.45, 7) is 0. The Balaban J connectivity index is 1.95. The van der Waals surface area contributed by atoms with Gasteiger partial charge in [0, 0.05) is 11.9 Å². The second kappa shape index (κ2) is 5.46. The van der Waals surface area contributed by atoms with Crippen molar-refractivity contribution >= 4 is 17.5 Å². The molecule has 0 saturated heterocycles. The van der Waals surface area contributed by atoms with Crippen LogP contribution in [0.1, 0.15) is 10.4 Å². The minimum Gasteiger partial charge on any atom is -0.367 e. The number of anilines is 2. The normalized spacial score (nSPS) is 10.3. The molecule has 0 aliphatic carbocycles. The van der Waals surface area contributed by atoms with E-state index in [1.165, 1.54) is 0 Å². The fraction of sp³-hybridized carbons (Fsp3) is 0. The first-order chi connectivity index (χ1) is 10.3. The van der Waals surface area contributed by atoms with Gasteiger partial charge in [-0.2, -0.15) is 0 Å². The van der Waals surface area contributed by atoms with Crippen molar-refractivity contribution in [3.8, 4) is 11.4 Å². The van der Waals surface area contributed by atoms with Crippen LogP contribution >= 0.6 is 0 Å². The highest BCUT2D eigenvalue weighted by Crippen LogP contribution is 2.26. The lowest BCUT2D eigenvalue weighted by Gasteiger charge is -2.04. The second-order valence-corrected chi connectivity index (χ2v) is 4.31. The maximum Gasteiger partial charge on any atom is 0.263 e. The van der Waals surface area contributed by atoms with Crippen molar-refractivity contribution in [3.63, 3.8) is 0 Å². The molecular formula is C15H12N4O2. The maximum atomic E-state index is 12.4. The minimum atomic E-state index is -0.388. The first-order valence-electron chi connectivity index (χ1n) is 6.28. The van der Waals surface area contributed by atoms with E-state index in [1.807, 2.05) is 18.2 Å². The van der Waals surface area contributed by atoms with Crippen molar-refractivity contribution in [1.82, 2.24) is 10.1 Å². The van der Waals surface area contributed by atoms with Crippen LogP contribution in [0.4, 0.5) is 11.6 Å². The predicted octanol–water partition coefficient (Wildman–Crippen LogP) is 2.57. The fourth-order valence-electron chi connectivity index (χ4n) is 1.91. The van der Waals surface area contributed by atoms with Crippen molar-refractivity contribution < 1.29 is 9.32 Å². The lowest BCUT2D eigenvalue weighted by Crippen LogP contribution is -2.14. The summed E-state index contributed by atoms with van der Waals surface area (Å²) in [7, 11) is 0. The highest BCUT2D eigenvalue weighted by atomic mass is 16.5. The molecule has 0 unspecified atom stereocenters. The number of carbonyl (C=O) groups excluding carboxylic acids is 1. The highest BCUT2D eigenvalue weighted by molar-refractivity contribution is 6.10. The van der Waals surface area contributed by atoms with Gasteiger partial charge in [0.15, 0.2) is 0 Å². The molecule has 0 atom stereocenters. The summed E-state index contributed by atoms with van der Waals surface area (Å²) in [5.74, 6) is -0.426. The molecule has 1 aromatic carbocycles. The van der Waals surface area contributed by atoms with Gasteiger partial charge in [0.05, 0.1) is 5.69 Å². The third-order valence-electron chi connectivity index (χ3n) is 2.88. The van der Waals surface area contributed by atoms with Gasteiger partial charge in [-0.1, -0.05) is 29.4 Å². The largest absolute Gasteiger partial charge is 0.367 e. The number of benzene rings is 1. The van der Waals surface area contributed by atoms with Gasteiger partial charge in [-0.25, -0.2) is 0 Å². The molecule has 6 heteroatoms. The van der Waals surface area contributed by atoms with Crippen molar-refractivity contribution in [1.29, 1.82) is 0 Å². The molecule has 0 aliphatic rings. The van der Waals surface area contributed by atoms with Crippen LogP contribution in [0.5, 0.6) is 0 Å². The number of para-hydroxylation sites is 1. The molecule has 1 amide bonds. The molecule has 104 valence electrons. The summed E-state index contributed by atoms with van der Waals surface area (Å²) in [4.78, 5) is 16.5. The number of nitrogens with two attached hydrogens (primary N) is 1. The molecular weight excluding hydrogens is 268 g/mol. The molecule has 3 rings (SSSR count). The first-order valence-corrected chi connectivity index (χ1v) is 6.28. The first kappa shape index (κ1) is 12.9. The number of hydrogen-bond donors (Lipinski definition) is 2. The van der Waals surface area contributed by atoms with E-state index in [0.717, 1.165) is 0 Å². The maximum absolute atomic E-state index is 12.4.